The monoisotopic (exact) mass is 288 g/mol. The molecular formula is C17H17ClO2. The zero-order chi connectivity index (χ0) is 14.7. The molecular weight excluding hydrogens is 272 g/mol. The normalized spacial score (nSPS) is 10.4. The molecule has 0 aromatic heterocycles. The lowest BCUT2D eigenvalue weighted by Crippen LogP contribution is -2.07. The predicted molar refractivity (Wildman–Crippen MR) is 82.0 cm³/mol. The first-order valence-corrected chi connectivity index (χ1v) is 6.83. The van der Waals surface area contributed by atoms with Crippen LogP contribution in [0.2, 0.25) is 5.02 Å². The molecule has 2 rings (SSSR count). The molecule has 0 aliphatic heterocycles. The van der Waals surface area contributed by atoms with Crippen molar-refractivity contribution in [3.05, 3.63) is 63.7 Å². The number of carbonyl (C=O) groups is 1. The fourth-order valence-electron chi connectivity index (χ4n) is 2.18. The maximum atomic E-state index is 12.5. The summed E-state index contributed by atoms with van der Waals surface area (Å²) in [5, 5.41) is 0.614. The predicted octanol–water partition coefficient (Wildman–Crippen LogP) is 4.39. The summed E-state index contributed by atoms with van der Waals surface area (Å²) in [6.45, 7) is 3.96. The number of ether oxygens (including phenoxy) is 1. The Morgan fingerprint density at radius 2 is 1.85 bits per heavy atom. The molecule has 0 bridgehead atoms. The van der Waals surface area contributed by atoms with Crippen LogP contribution in [0.25, 0.3) is 0 Å². The largest absolute Gasteiger partial charge is 0.496 e. The van der Waals surface area contributed by atoms with Gasteiger partial charge in [0.1, 0.15) is 5.75 Å². The van der Waals surface area contributed by atoms with Gasteiger partial charge in [0.25, 0.3) is 0 Å². The lowest BCUT2D eigenvalue weighted by Gasteiger charge is -2.13. The van der Waals surface area contributed by atoms with Crippen molar-refractivity contribution in [1.29, 1.82) is 0 Å². The van der Waals surface area contributed by atoms with Gasteiger partial charge in [-0.15, -0.1) is 0 Å². The van der Waals surface area contributed by atoms with Crippen LogP contribution in [0, 0.1) is 13.8 Å². The fraction of sp³-hybridized carbons (Fsp3) is 0.235. The van der Waals surface area contributed by atoms with Crippen molar-refractivity contribution in [1.82, 2.24) is 0 Å². The third kappa shape index (κ3) is 2.86. The molecule has 104 valence electrons. The SMILES string of the molecule is COc1c(C(=O)Cc2ccccc2Cl)ccc(C)c1C. The van der Waals surface area contributed by atoms with Gasteiger partial charge in [-0.05, 0) is 42.7 Å². The Hall–Kier alpha value is -1.80. The number of hydrogen-bond acceptors (Lipinski definition) is 2. The Morgan fingerprint density at radius 3 is 2.50 bits per heavy atom. The van der Waals surface area contributed by atoms with E-state index in [1.165, 1.54) is 0 Å². The molecule has 2 aromatic carbocycles. The summed E-state index contributed by atoms with van der Waals surface area (Å²) in [5.74, 6) is 0.667. The van der Waals surface area contributed by atoms with E-state index in [-0.39, 0.29) is 12.2 Å². The van der Waals surface area contributed by atoms with Crippen LogP contribution < -0.4 is 4.74 Å². The highest BCUT2D eigenvalue weighted by molar-refractivity contribution is 6.31. The number of Topliss-reactive ketones (excluding diaryl/α,β-unsaturated/α-hetero) is 1. The number of ketones is 1. The van der Waals surface area contributed by atoms with Gasteiger partial charge in [0.2, 0.25) is 0 Å². The van der Waals surface area contributed by atoms with E-state index >= 15 is 0 Å². The smallest absolute Gasteiger partial charge is 0.171 e. The molecule has 0 amide bonds. The second-order valence-corrected chi connectivity index (χ2v) is 5.19. The van der Waals surface area contributed by atoms with Crippen molar-refractivity contribution in [3.63, 3.8) is 0 Å². The number of rotatable bonds is 4. The van der Waals surface area contributed by atoms with Gasteiger partial charge in [0, 0.05) is 11.4 Å². The number of halogens is 1. The van der Waals surface area contributed by atoms with Crippen LogP contribution in [0.3, 0.4) is 0 Å². The van der Waals surface area contributed by atoms with E-state index in [1.807, 2.05) is 44.2 Å². The van der Waals surface area contributed by atoms with E-state index in [4.69, 9.17) is 16.3 Å². The molecule has 2 aromatic rings. The van der Waals surface area contributed by atoms with Gasteiger partial charge in [-0.25, -0.2) is 0 Å². The number of hydrogen-bond donors (Lipinski definition) is 0. The lowest BCUT2D eigenvalue weighted by atomic mass is 9.98. The van der Waals surface area contributed by atoms with Crippen LogP contribution in [0.4, 0.5) is 0 Å². The molecule has 3 heteroatoms. The Balaban J connectivity index is 2.35. The van der Waals surface area contributed by atoms with Gasteiger partial charge in [-0.2, -0.15) is 0 Å². The number of methoxy groups -OCH3 is 1. The molecule has 0 atom stereocenters. The molecule has 0 spiro atoms. The van der Waals surface area contributed by atoms with Crippen LogP contribution in [-0.2, 0) is 6.42 Å². The molecule has 0 aliphatic carbocycles. The summed E-state index contributed by atoms with van der Waals surface area (Å²) in [4.78, 5) is 12.5. The van der Waals surface area contributed by atoms with Crippen LogP contribution in [0.5, 0.6) is 5.75 Å². The summed E-state index contributed by atoms with van der Waals surface area (Å²) in [6.07, 6.45) is 0.276. The number of aryl methyl sites for hydroxylation is 1. The minimum atomic E-state index is 0.0121. The standard InChI is InChI=1S/C17H17ClO2/c1-11-8-9-14(17(20-3)12(11)2)16(19)10-13-6-4-5-7-15(13)18/h4-9H,10H2,1-3H3. The van der Waals surface area contributed by atoms with E-state index in [0.717, 1.165) is 16.7 Å². The zero-order valence-electron chi connectivity index (χ0n) is 11.9. The van der Waals surface area contributed by atoms with Crippen LogP contribution in [0.1, 0.15) is 27.0 Å². The first-order chi connectivity index (χ1) is 9.54. The summed E-state index contributed by atoms with van der Waals surface area (Å²) in [7, 11) is 1.59. The van der Waals surface area contributed by atoms with Gasteiger partial charge < -0.3 is 4.74 Å². The quantitative estimate of drug-likeness (QED) is 0.780. The highest BCUT2D eigenvalue weighted by Gasteiger charge is 2.16. The summed E-state index contributed by atoms with van der Waals surface area (Å²) >= 11 is 6.10. The minimum Gasteiger partial charge on any atom is -0.496 e. The average Bonchev–Trinajstić information content (AvgIpc) is 2.44. The van der Waals surface area contributed by atoms with Crippen molar-refractivity contribution < 1.29 is 9.53 Å². The molecule has 0 unspecified atom stereocenters. The average molecular weight is 289 g/mol. The third-order valence-corrected chi connectivity index (χ3v) is 3.86. The maximum absolute atomic E-state index is 12.5. The van der Waals surface area contributed by atoms with Crippen LogP contribution in [-0.4, -0.2) is 12.9 Å². The molecule has 0 N–H and O–H groups in total. The van der Waals surface area contributed by atoms with Crippen molar-refractivity contribution in [3.8, 4) is 5.75 Å². The van der Waals surface area contributed by atoms with Crippen molar-refractivity contribution in [2.45, 2.75) is 20.3 Å². The first-order valence-electron chi connectivity index (χ1n) is 6.45. The Bertz CT molecular complexity index is 647. The van der Waals surface area contributed by atoms with E-state index < -0.39 is 0 Å². The third-order valence-electron chi connectivity index (χ3n) is 3.49. The van der Waals surface area contributed by atoms with Crippen molar-refractivity contribution in [2.24, 2.45) is 0 Å². The lowest BCUT2D eigenvalue weighted by molar-refractivity contribution is 0.0990. The zero-order valence-corrected chi connectivity index (χ0v) is 12.6. The van der Waals surface area contributed by atoms with Gasteiger partial charge in [0.15, 0.2) is 5.78 Å². The molecule has 0 saturated heterocycles. The minimum absolute atomic E-state index is 0.0121. The van der Waals surface area contributed by atoms with Gasteiger partial charge in [-0.3, -0.25) is 4.79 Å². The topological polar surface area (TPSA) is 26.3 Å². The Kier molecular flexibility index (Phi) is 4.46. The molecule has 2 nitrogen and oxygen atoms in total. The van der Waals surface area contributed by atoms with Gasteiger partial charge in [-0.1, -0.05) is 35.9 Å². The van der Waals surface area contributed by atoms with Crippen molar-refractivity contribution >= 4 is 17.4 Å². The number of carbonyl (C=O) groups excluding carboxylic acids is 1. The Morgan fingerprint density at radius 1 is 1.15 bits per heavy atom. The maximum Gasteiger partial charge on any atom is 0.171 e. The second-order valence-electron chi connectivity index (χ2n) is 4.78. The molecule has 0 heterocycles. The summed E-state index contributed by atoms with van der Waals surface area (Å²) in [6, 6.07) is 11.2. The molecule has 20 heavy (non-hydrogen) atoms. The number of benzene rings is 2. The van der Waals surface area contributed by atoms with E-state index in [1.54, 1.807) is 13.2 Å². The van der Waals surface area contributed by atoms with Gasteiger partial charge in [0.05, 0.1) is 12.7 Å². The second kappa shape index (κ2) is 6.10. The van der Waals surface area contributed by atoms with E-state index in [0.29, 0.717) is 16.3 Å². The summed E-state index contributed by atoms with van der Waals surface area (Å²) < 4.78 is 5.39. The highest BCUT2D eigenvalue weighted by Crippen LogP contribution is 2.28. The highest BCUT2D eigenvalue weighted by atomic mass is 35.5. The molecule has 0 radical (unpaired) electrons. The van der Waals surface area contributed by atoms with E-state index in [9.17, 15) is 4.79 Å². The van der Waals surface area contributed by atoms with E-state index in [2.05, 4.69) is 0 Å². The molecule has 0 fully saturated rings. The first kappa shape index (κ1) is 14.6. The molecule has 0 saturated carbocycles. The van der Waals surface area contributed by atoms with Crippen LogP contribution in [0.15, 0.2) is 36.4 Å². The Labute approximate surface area is 124 Å². The van der Waals surface area contributed by atoms with Gasteiger partial charge >= 0.3 is 0 Å². The fourth-order valence-corrected chi connectivity index (χ4v) is 2.39. The van der Waals surface area contributed by atoms with Crippen LogP contribution >= 0.6 is 11.6 Å². The summed E-state index contributed by atoms with van der Waals surface area (Å²) in [5.41, 5.74) is 3.55. The molecule has 0 aliphatic rings. The van der Waals surface area contributed by atoms with Crippen molar-refractivity contribution in [2.75, 3.05) is 7.11 Å².